The number of hydrogen-bond acceptors (Lipinski definition) is 2. The molecule has 1 heterocycles. The van der Waals surface area contributed by atoms with Gasteiger partial charge in [0.15, 0.2) is 0 Å². The minimum atomic E-state index is -0.148. The molecule has 0 bridgehead atoms. The number of nitrogens with one attached hydrogen (secondary N) is 1. The van der Waals surface area contributed by atoms with Crippen LogP contribution in [0.15, 0.2) is 12.1 Å². The molecule has 1 fully saturated rings. The Bertz CT molecular complexity index is 423. The average molecular weight is 265 g/mol. The molecule has 3 heteroatoms. The maximum Gasteiger partial charge on any atom is 0.123 e. The first-order valence-electron chi connectivity index (χ1n) is 7.16. The number of halogens is 1. The fourth-order valence-electron chi connectivity index (χ4n) is 3.29. The molecule has 3 unspecified atom stereocenters. The largest absolute Gasteiger partial charge is 0.378 e. The van der Waals surface area contributed by atoms with Crippen LogP contribution in [-0.2, 0) is 4.74 Å². The van der Waals surface area contributed by atoms with Crippen LogP contribution in [0.4, 0.5) is 4.39 Å². The highest BCUT2D eigenvalue weighted by Crippen LogP contribution is 2.36. The summed E-state index contributed by atoms with van der Waals surface area (Å²) in [7, 11) is 0. The van der Waals surface area contributed by atoms with Gasteiger partial charge >= 0.3 is 0 Å². The van der Waals surface area contributed by atoms with E-state index in [1.165, 1.54) is 5.56 Å². The lowest BCUT2D eigenvalue weighted by atomic mass is 9.84. The van der Waals surface area contributed by atoms with E-state index in [1.807, 2.05) is 13.8 Å². The zero-order valence-corrected chi connectivity index (χ0v) is 12.3. The van der Waals surface area contributed by atoms with Crippen LogP contribution >= 0.6 is 0 Å². The van der Waals surface area contributed by atoms with Crippen LogP contribution in [0, 0.1) is 25.6 Å². The third kappa shape index (κ3) is 2.98. The van der Waals surface area contributed by atoms with E-state index < -0.39 is 0 Å². The summed E-state index contributed by atoms with van der Waals surface area (Å²) < 4.78 is 19.2. The van der Waals surface area contributed by atoms with Gasteiger partial charge in [-0.05, 0) is 62.6 Å². The maximum atomic E-state index is 13.5. The SMILES string of the molecule is CCNC(c1c(C)cc(F)cc1C)C1CCOC1C. The van der Waals surface area contributed by atoms with Gasteiger partial charge in [0.25, 0.3) is 0 Å². The first-order valence-corrected chi connectivity index (χ1v) is 7.16. The Hall–Kier alpha value is -0.930. The van der Waals surface area contributed by atoms with Crippen LogP contribution in [-0.4, -0.2) is 19.3 Å². The lowest BCUT2D eigenvalue weighted by Gasteiger charge is -2.29. The molecule has 1 saturated heterocycles. The molecule has 0 amide bonds. The highest BCUT2D eigenvalue weighted by Gasteiger charge is 2.33. The summed E-state index contributed by atoms with van der Waals surface area (Å²) in [6.07, 6.45) is 1.32. The summed E-state index contributed by atoms with van der Waals surface area (Å²) in [4.78, 5) is 0. The van der Waals surface area contributed by atoms with E-state index in [2.05, 4.69) is 19.2 Å². The molecular weight excluding hydrogens is 241 g/mol. The summed E-state index contributed by atoms with van der Waals surface area (Å²) in [6, 6.07) is 3.52. The molecule has 2 rings (SSSR count). The minimum absolute atomic E-state index is 0.148. The van der Waals surface area contributed by atoms with Crippen molar-refractivity contribution in [3.63, 3.8) is 0 Å². The average Bonchev–Trinajstić information content (AvgIpc) is 2.73. The summed E-state index contributed by atoms with van der Waals surface area (Å²) in [5.41, 5.74) is 3.30. The lowest BCUT2D eigenvalue weighted by molar-refractivity contribution is 0.0954. The molecule has 2 nitrogen and oxygen atoms in total. The van der Waals surface area contributed by atoms with Gasteiger partial charge in [-0.25, -0.2) is 4.39 Å². The first kappa shape index (κ1) is 14.5. The van der Waals surface area contributed by atoms with E-state index in [0.717, 1.165) is 30.7 Å². The van der Waals surface area contributed by atoms with Gasteiger partial charge in [-0.1, -0.05) is 6.92 Å². The van der Waals surface area contributed by atoms with Crippen LogP contribution in [0.2, 0.25) is 0 Å². The Morgan fingerprint density at radius 1 is 1.37 bits per heavy atom. The van der Waals surface area contributed by atoms with Crippen molar-refractivity contribution < 1.29 is 9.13 Å². The van der Waals surface area contributed by atoms with Crippen LogP contribution in [0.25, 0.3) is 0 Å². The third-order valence-corrected chi connectivity index (χ3v) is 4.16. The molecular formula is C16H24FNO. The number of rotatable bonds is 4. The van der Waals surface area contributed by atoms with Gasteiger partial charge in [-0.15, -0.1) is 0 Å². The number of aryl methyl sites for hydroxylation is 2. The fourth-order valence-corrected chi connectivity index (χ4v) is 3.29. The summed E-state index contributed by atoms with van der Waals surface area (Å²) in [5, 5.41) is 3.57. The second-order valence-electron chi connectivity index (χ2n) is 5.52. The lowest BCUT2D eigenvalue weighted by Crippen LogP contribution is -2.33. The van der Waals surface area contributed by atoms with E-state index in [4.69, 9.17) is 4.74 Å². The van der Waals surface area contributed by atoms with E-state index in [9.17, 15) is 4.39 Å². The molecule has 1 aliphatic heterocycles. The molecule has 0 aliphatic carbocycles. The predicted octanol–water partition coefficient (Wildman–Crippen LogP) is 3.52. The third-order valence-electron chi connectivity index (χ3n) is 4.16. The van der Waals surface area contributed by atoms with Crippen molar-refractivity contribution in [2.75, 3.05) is 13.2 Å². The molecule has 0 radical (unpaired) electrons. The van der Waals surface area contributed by atoms with Gasteiger partial charge in [-0.2, -0.15) is 0 Å². The summed E-state index contributed by atoms with van der Waals surface area (Å²) in [6.45, 7) is 9.97. The highest BCUT2D eigenvalue weighted by molar-refractivity contribution is 5.37. The molecule has 0 saturated carbocycles. The number of ether oxygens (including phenoxy) is 1. The molecule has 0 spiro atoms. The van der Waals surface area contributed by atoms with Gasteiger partial charge in [0.05, 0.1) is 6.10 Å². The van der Waals surface area contributed by atoms with Crippen molar-refractivity contribution in [1.82, 2.24) is 5.32 Å². The molecule has 3 atom stereocenters. The molecule has 106 valence electrons. The zero-order chi connectivity index (χ0) is 14.0. The normalized spacial score (nSPS) is 24.7. The monoisotopic (exact) mass is 265 g/mol. The van der Waals surface area contributed by atoms with Crippen molar-refractivity contribution in [2.24, 2.45) is 5.92 Å². The Kier molecular flexibility index (Phi) is 4.58. The quantitative estimate of drug-likeness (QED) is 0.899. The minimum Gasteiger partial charge on any atom is -0.378 e. The molecule has 1 aliphatic rings. The second-order valence-corrected chi connectivity index (χ2v) is 5.52. The van der Waals surface area contributed by atoms with Gasteiger partial charge < -0.3 is 10.1 Å². The molecule has 0 aromatic heterocycles. The van der Waals surface area contributed by atoms with Crippen molar-refractivity contribution in [2.45, 2.75) is 46.3 Å². The van der Waals surface area contributed by atoms with Gasteiger partial charge in [0.2, 0.25) is 0 Å². The second kappa shape index (κ2) is 6.02. The predicted molar refractivity (Wildman–Crippen MR) is 75.8 cm³/mol. The van der Waals surface area contributed by atoms with E-state index >= 15 is 0 Å². The Labute approximate surface area is 115 Å². The molecule has 1 aromatic carbocycles. The first-order chi connectivity index (χ1) is 9.04. The van der Waals surface area contributed by atoms with Crippen molar-refractivity contribution in [1.29, 1.82) is 0 Å². The van der Waals surface area contributed by atoms with Crippen LogP contribution in [0.3, 0.4) is 0 Å². The molecule has 1 N–H and O–H groups in total. The number of hydrogen-bond donors (Lipinski definition) is 1. The van der Waals surface area contributed by atoms with Crippen molar-refractivity contribution in [3.8, 4) is 0 Å². The Morgan fingerprint density at radius 2 is 2.00 bits per heavy atom. The van der Waals surface area contributed by atoms with E-state index in [1.54, 1.807) is 12.1 Å². The van der Waals surface area contributed by atoms with Gasteiger partial charge in [-0.3, -0.25) is 0 Å². The highest BCUT2D eigenvalue weighted by atomic mass is 19.1. The summed E-state index contributed by atoms with van der Waals surface area (Å²) in [5.74, 6) is 0.313. The summed E-state index contributed by atoms with van der Waals surface area (Å²) >= 11 is 0. The van der Waals surface area contributed by atoms with Crippen molar-refractivity contribution >= 4 is 0 Å². The maximum absolute atomic E-state index is 13.5. The van der Waals surface area contributed by atoms with Crippen LogP contribution < -0.4 is 5.32 Å². The fraction of sp³-hybridized carbons (Fsp3) is 0.625. The standard InChI is InChI=1S/C16H24FNO/c1-5-18-16(14-6-7-19-12(14)4)15-10(2)8-13(17)9-11(15)3/h8-9,12,14,16,18H,5-7H2,1-4H3. The zero-order valence-electron chi connectivity index (χ0n) is 12.3. The number of benzene rings is 1. The van der Waals surface area contributed by atoms with E-state index in [0.29, 0.717) is 5.92 Å². The van der Waals surface area contributed by atoms with Crippen LogP contribution in [0.5, 0.6) is 0 Å². The molecule has 1 aromatic rings. The Balaban J connectivity index is 2.38. The molecule has 19 heavy (non-hydrogen) atoms. The Morgan fingerprint density at radius 3 is 2.47 bits per heavy atom. The van der Waals surface area contributed by atoms with Gasteiger partial charge in [0.1, 0.15) is 5.82 Å². The van der Waals surface area contributed by atoms with E-state index in [-0.39, 0.29) is 18.0 Å². The van der Waals surface area contributed by atoms with Crippen molar-refractivity contribution in [3.05, 3.63) is 34.6 Å². The topological polar surface area (TPSA) is 21.3 Å². The van der Waals surface area contributed by atoms with Crippen LogP contribution in [0.1, 0.15) is 43.0 Å². The smallest absolute Gasteiger partial charge is 0.123 e. The van der Waals surface area contributed by atoms with Gasteiger partial charge in [0, 0.05) is 18.6 Å².